The predicted octanol–water partition coefficient (Wildman–Crippen LogP) is 31.9. The molecule has 5 aromatic heterocycles. The van der Waals surface area contributed by atoms with E-state index in [9.17, 15) is 0 Å². The minimum Gasteiger partial charge on any atom is -0.309 e. The van der Waals surface area contributed by atoms with Crippen LogP contribution in [0.3, 0.4) is 0 Å². The summed E-state index contributed by atoms with van der Waals surface area (Å²) in [6.45, 7) is 0. The molecule has 0 fully saturated rings. The Morgan fingerprint density at radius 2 is 0.500 bits per heavy atom. The molecule has 26 rings (SSSR count). The number of aromatic nitrogens is 7. The molecule has 5 heterocycles. The summed E-state index contributed by atoms with van der Waals surface area (Å²) in [4.78, 5) is 32.8. The first-order valence-corrected chi connectivity index (χ1v) is 45.7. The van der Waals surface area contributed by atoms with Gasteiger partial charge in [-0.2, -0.15) is 0 Å². The summed E-state index contributed by atoms with van der Waals surface area (Å²) in [5.41, 5.74) is 33.8. The molecule has 1 atom stereocenters. The molecule has 130 heavy (non-hydrogen) atoms. The Bertz CT molecular complexity index is 8610. The molecular formula is C121H73N7S2. The van der Waals surface area contributed by atoms with Gasteiger partial charge in [0, 0.05) is 90.2 Å². The Morgan fingerprint density at radius 1 is 0.169 bits per heavy atom. The van der Waals surface area contributed by atoms with Gasteiger partial charge in [-0.05, 0) is 244 Å². The number of hydrogen-bond donors (Lipinski definition) is 0. The Balaban J connectivity index is 0.603. The van der Waals surface area contributed by atoms with E-state index in [0.717, 1.165) is 138 Å². The molecule has 0 aliphatic heterocycles. The van der Waals surface area contributed by atoms with E-state index in [1.54, 1.807) is 22.7 Å². The van der Waals surface area contributed by atoms with Crippen LogP contribution in [0.25, 0.3) is 236 Å². The fraction of sp³-hybridized carbons (Fsp3) is 0.00826. The minimum atomic E-state index is -0.609. The summed E-state index contributed by atoms with van der Waals surface area (Å²) in [5, 5.41) is 6.97. The first-order chi connectivity index (χ1) is 64.4. The van der Waals surface area contributed by atoms with E-state index in [4.69, 9.17) is 29.9 Å². The number of fused-ring (bicyclic) bond motifs is 19. The zero-order chi connectivity index (χ0) is 85.5. The highest BCUT2D eigenvalue weighted by Gasteiger charge is 2.52. The summed E-state index contributed by atoms with van der Waals surface area (Å²) < 4.78 is 7.09. The third-order valence-electron chi connectivity index (χ3n) is 26.5. The van der Waals surface area contributed by atoms with Gasteiger partial charge < -0.3 is 4.57 Å². The van der Waals surface area contributed by atoms with E-state index in [1.807, 2.05) is 36.4 Å². The van der Waals surface area contributed by atoms with Gasteiger partial charge in [0.25, 0.3) is 0 Å². The predicted molar refractivity (Wildman–Crippen MR) is 540 cm³/mol. The largest absolute Gasteiger partial charge is 0.309 e. The number of rotatable bonds is 14. The van der Waals surface area contributed by atoms with Crippen LogP contribution in [0.4, 0.5) is 0 Å². The Kier molecular flexibility index (Phi) is 17.5. The van der Waals surface area contributed by atoms with Crippen molar-refractivity contribution in [3.63, 3.8) is 0 Å². The van der Waals surface area contributed by atoms with Gasteiger partial charge in [0.1, 0.15) is 0 Å². The molecule has 0 saturated heterocycles. The topological polar surface area (TPSA) is 82.3 Å². The molecule has 1 spiro atoms. The average molecular weight is 1690 g/mol. The van der Waals surface area contributed by atoms with Crippen LogP contribution < -0.4 is 0 Å². The van der Waals surface area contributed by atoms with Crippen molar-refractivity contribution in [3.05, 3.63) is 465 Å². The summed E-state index contributed by atoms with van der Waals surface area (Å²) in [7, 11) is 0. The van der Waals surface area contributed by atoms with E-state index in [0.29, 0.717) is 34.9 Å². The molecule has 0 saturated carbocycles. The van der Waals surface area contributed by atoms with Crippen LogP contribution in [0.1, 0.15) is 22.3 Å². The number of para-hydroxylation sites is 2. The van der Waals surface area contributed by atoms with E-state index in [1.165, 1.54) is 85.8 Å². The molecule has 7 nitrogen and oxygen atoms in total. The van der Waals surface area contributed by atoms with E-state index in [2.05, 4.69) is 411 Å². The van der Waals surface area contributed by atoms with Crippen molar-refractivity contribution < 1.29 is 0 Å². The van der Waals surface area contributed by atoms with Gasteiger partial charge in [-0.1, -0.05) is 322 Å². The summed E-state index contributed by atoms with van der Waals surface area (Å²) in [5.74, 6) is 3.64. The maximum atomic E-state index is 5.76. The van der Waals surface area contributed by atoms with Crippen LogP contribution in [0.15, 0.2) is 443 Å². The molecule has 19 aromatic carbocycles. The molecule has 0 radical (unpaired) electrons. The fourth-order valence-electron chi connectivity index (χ4n) is 20.5. The minimum absolute atomic E-state index is 0.564. The standard InChI is InChI=1S/C121H73N7S2/c1-7-28-74(29-8-1)86-63-87(75-30-9-2-10-31-75)66-90(65-86)117-123-118(127-120(126-117)98-46-27-51-112-114(98)101-71-83(55-60-109(101)129-112)82-54-59-108-100(70-82)96-44-21-24-49-107(96)128(108)92-40-17-6-18-41-92)91-67-88(76-32-11-3-12-33-76)64-89(68-91)80-39-25-38-79(62-80)81-53-58-105-99(69-81)94-43-20-23-48-104(94)121(105)103-47-22-19-42-93(103)95-57-52-85(73-106(95)121)84-56-61-110-102(72-84)113-97(45-26-50-111(113)130-110)119-124-115(77-34-13-4-14-35-77)122-116(125-119)78-36-15-5-16-37-78/h1-73H. The Labute approximate surface area is 758 Å². The van der Waals surface area contributed by atoms with Gasteiger partial charge >= 0.3 is 0 Å². The van der Waals surface area contributed by atoms with Crippen LogP contribution in [0.5, 0.6) is 0 Å². The highest BCUT2D eigenvalue weighted by molar-refractivity contribution is 7.26. The second kappa shape index (κ2) is 30.4. The van der Waals surface area contributed by atoms with Gasteiger partial charge in [0.15, 0.2) is 34.9 Å². The molecule has 2 aliphatic rings. The van der Waals surface area contributed by atoms with Gasteiger partial charge in [0.2, 0.25) is 0 Å². The lowest BCUT2D eigenvalue weighted by Crippen LogP contribution is -2.25. The molecule has 1 unspecified atom stereocenters. The normalized spacial score (nSPS) is 13.1. The average Bonchev–Trinajstić information content (AvgIpc) is 1.50. The Morgan fingerprint density at radius 3 is 1.03 bits per heavy atom. The van der Waals surface area contributed by atoms with Crippen LogP contribution in [-0.2, 0) is 5.41 Å². The lowest BCUT2D eigenvalue weighted by molar-refractivity contribution is 0.794. The molecule has 9 heteroatoms. The molecule has 604 valence electrons. The number of hydrogen-bond acceptors (Lipinski definition) is 8. The van der Waals surface area contributed by atoms with Crippen molar-refractivity contribution in [1.82, 2.24) is 34.5 Å². The van der Waals surface area contributed by atoms with Crippen LogP contribution in [-0.4, -0.2) is 34.5 Å². The van der Waals surface area contributed by atoms with Crippen LogP contribution in [0, 0.1) is 0 Å². The highest BCUT2D eigenvalue weighted by atomic mass is 32.1. The molecular weight excluding hydrogens is 1620 g/mol. The highest BCUT2D eigenvalue weighted by Crippen LogP contribution is 2.64. The number of thiophene rings is 2. The number of benzene rings is 19. The third kappa shape index (κ3) is 12.4. The quantitative estimate of drug-likeness (QED) is 0.108. The van der Waals surface area contributed by atoms with Gasteiger partial charge in [-0.25, -0.2) is 29.9 Å². The summed E-state index contributed by atoms with van der Waals surface area (Å²) in [6, 6.07) is 161. The van der Waals surface area contributed by atoms with Crippen LogP contribution >= 0.6 is 22.7 Å². The third-order valence-corrected chi connectivity index (χ3v) is 28.8. The van der Waals surface area contributed by atoms with Crippen LogP contribution in [0.2, 0.25) is 0 Å². The SMILES string of the molecule is c1ccc(-c2cc(-c3ccccc3)cc(-c3nc(-c4cc(-c5ccccc5)cc(-c5cccc(-c6ccc7c(c6)-c6ccccc6C76c7ccccc7-c7ccc(-c8ccc9sc%10cccc(-c%11nc(-c%12ccccc%12)nc(-c%12ccccc%12)n%11)c%10c9c8)cc76)c5)c4)nc(-c4cccc5sc6ccc(-c7ccc8c(c7)c7ccccc7n8-c7ccccc7)cc6c45)n3)c2)cc1. The first kappa shape index (κ1) is 74.8. The van der Waals surface area contributed by atoms with Gasteiger partial charge in [0.05, 0.1) is 16.4 Å². The fourth-order valence-corrected chi connectivity index (χ4v) is 22.8. The summed E-state index contributed by atoms with van der Waals surface area (Å²) >= 11 is 3.61. The molecule has 2 aliphatic carbocycles. The van der Waals surface area contributed by atoms with Crippen molar-refractivity contribution in [3.8, 4) is 174 Å². The maximum absolute atomic E-state index is 5.76. The zero-order valence-corrected chi connectivity index (χ0v) is 71.7. The molecule has 0 amide bonds. The molecule has 24 aromatic rings. The van der Waals surface area contributed by atoms with E-state index >= 15 is 0 Å². The first-order valence-electron chi connectivity index (χ1n) is 44.1. The summed E-state index contributed by atoms with van der Waals surface area (Å²) in [6.07, 6.45) is 0. The van der Waals surface area contributed by atoms with E-state index < -0.39 is 5.41 Å². The lowest BCUT2D eigenvalue weighted by Gasteiger charge is -2.31. The van der Waals surface area contributed by atoms with Crippen molar-refractivity contribution in [2.24, 2.45) is 0 Å². The van der Waals surface area contributed by atoms with Gasteiger partial charge in [-0.3, -0.25) is 0 Å². The van der Waals surface area contributed by atoms with Gasteiger partial charge in [-0.15, -0.1) is 22.7 Å². The smallest absolute Gasteiger partial charge is 0.164 e. The second-order valence-corrected chi connectivity index (χ2v) is 36.1. The number of nitrogens with zero attached hydrogens (tertiary/aromatic N) is 7. The van der Waals surface area contributed by atoms with Crippen molar-refractivity contribution in [2.45, 2.75) is 5.41 Å². The molecule has 0 N–H and O–H groups in total. The molecule has 0 bridgehead atoms. The monoisotopic (exact) mass is 1690 g/mol. The Hall–Kier alpha value is -16.6. The van der Waals surface area contributed by atoms with Crippen molar-refractivity contribution >= 4 is 84.8 Å². The van der Waals surface area contributed by atoms with Crippen molar-refractivity contribution in [2.75, 3.05) is 0 Å². The van der Waals surface area contributed by atoms with E-state index in [-0.39, 0.29) is 0 Å². The lowest BCUT2D eigenvalue weighted by atomic mass is 9.70. The second-order valence-electron chi connectivity index (χ2n) is 33.9. The van der Waals surface area contributed by atoms with Crippen molar-refractivity contribution in [1.29, 1.82) is 0 Å². The zero-order valence-electron chi connectivity index (χ0n) is 70.1. The maximum Gasteiger partial charge on any atom is 0.164 e.